The van der Waals surface area contributed by atoms with E-state index in [1.54, 1.807) is 0 Å². The highest BCUT2D eigenvalue weighted by Crippen LogP contribution is 2.31. The predicted octanol–water partition coefficient (Wildman–Crippen LogP) is 4.10. The summed E-state index contributed by atoms with van der Waals surface area (Å²) >= 11 is 0. The molecule has 0 bridgehead atoms. The van der Waals surface area contributed by atoms with Crippen molar-refractivity contribution < 1.29 is 0 Å². The van der Waals surface area contributed by atoms with Crippen molar-refractivity contribution in [1.82, 2.24) is 9.97 Å². The number of benzene rings is 1. The van der Waals surface area contributed by atoms with Gasteiger partial charge in [0.2, 0.25) is 0 Å². The maximum atomic E-state index is 4.75. The van der Waals surface area contributed by atoms with Gasteiger partial charge in [0.05, 0.1) is 17.1 Å². The fourth-order valence-corrected chi connectivity index (χ4v) is 2.74. The summed E-state index contributed by atoms with van der Waals surface area (Å²) in [7, 11) is 0. The summed E-state index contributed by atoms with van der Waals surface area (Å²) in [5.74, 6) is 0. The largest absolute Gasteiger partial charge is 0.367 e. The molecular formula is C18H16N4. The molecule has 3 N–H and O–H groups in total. The van der Waals surface area contributed by atoms with Crippen molar-refractivity contribution in [2.45, 2.75) is 6.42 Å². The Morgan fingerprint density at radius 3 is 2.82 bits per heavy atom. The molecule has 0 atom stereocenters. The Hall–Kier alpha value is -3.01. The van der Waals surface area contributed by atoms with Gasteiger partial charge in [-0.2, -0.15) is 0 Å². The zero-order chi connectivity index (χ0) is 14.9. The predicted molar refractivity (Wildman–Crippen MR) is 90.6 cm³/mol. The minimum Gasteiger partial charge on any atom is -0.367 e. The number of hydrogen-bond donors (Lipinski definition) is 3. The van der Waals surface area contributed by atoms with Crippen LogP contribution < -0.4 is 5.32 Å². The topological polar surface area (TPSA) is 56.0 Å². The highest BCUT2D eigenvalue weighted by Gasteiger charge is 2.19. The molecule has 0 fully saturated rings. The fraction of sp³-hybridized carbons (Fsp3) is 0.0556. The third kappa shape index (κ3) is 2.15. The number of aliphatic imine (C=N–C) groups is 1. The number of anilines is 1. The molecule has 3 aromatic rings. The molecule has 0 radical (unpaired) electrons. The molecule has 4 nitrogen and oxygen atoms in total. The van der Waals surface area contributed by atoms with E-state index in [2.05, 4.69) is 40.1 Å². The number of rotatable bonds is 4. The van der Waals surface area contributed by atoms with E-state index in [1.807, 2.05) is 36.9 Å². The Labute approximate surface area is 128 Å². The van der Waals surface area contributed by atoms with Gasteiger partial charge in [-0.3, -0.25) is 4.99 Å². The van der Waals surface area contributed by atoms with E-state index in [1.165, 1.54) is 5.56 Å². The van der Waals surface area contributed by atoms with E-state index in [9.17, 15) is 0 Å². The Balaban J connectivity index is 1.61. The molecular weight excluding hydrogens is 272 g/mol. The van der Waals surface area contributed by atoms with Crippen LogP contribution in [0.1, 0.15) is 16.7 Å². The SMILES string of the molecule is C=C(Nc1c[nH]cc1C1=Nc2ccccc2C1)c1cc[nH]c1. The van der Waals surface area contributed by atoms with E-state index >= 15 is 0 Å². The Kier molecular flexibility index (Phi) is 2.93. The van der Waals surface area contributed by atoms with Gasteiger partial charge in [0.25, 0.3) is 0 Å². The minimum absolute atomic E-state index is 0.859. The van der Waals surface area contributed by atoms with Crippen LogP contribution in [-0.2, 0) is 6.42 Å². The van der Waals surface area contributed by atoms with E-state index in [0.29, 0.717) is 0 Å². The van der Waals surface area contributed by atoms with E-state index < -0.39 is 0 Å². The molecule has 0 saturated carbocycles. The Morgan fingerprint density at radius 2 is 2.00 bits per heavy atom. The summed E-state index contributed by atoms with van der Waals surface area (Å²) in [4.78, 5) is 10.9. The normalized spacial score (nSPS) is 12.8. The van der Waals surface area contributed by atoms with Gasteiger partial charge in [0, 0.05) is 48.0 Å². The third-order valence-corrected chi connectivity index (χ3v) is 3.89. The molecule has 0 saturated heterocycles. The van der Waals surface area contributed by atoms with E-state index in [-0.39, 0.29) is 0 Å². The lowest BCUT2D eigenvalue weighted by Gasteiger charge is -2.09. The second-order valence-corrected chi connectivity index (χ2v) is 5.35. The van der Waals surface area contributed by atoms with Gasteiger partial charge in [-0.25, -0.2) is 0 Å². The number of H-pyrrole nitrogens is 2. The summed E-state index contributed by atoms with van der Waals surface area (Å²) in [6, 6.07) is 10.3. The lowest BCUT2D eigenvalue weighted by atomic mass is 10.1. The van der Waals surface area contributed by atoms with Crippen LogP contribution in [0.2, 0.25) is 0 Å². The second-order valence-electron chi connectivity index (χ2n) is 5.35. The molecule has 1 aliphatic heterocycles. The van der Waals surface area contributed by atoms with Crippen LogP contribution in [0.4, 0.5) is 11.4 Å². The number of fused-ring (bicyclic) bond motifs is 1. The average Bonchev–Trinajstić information content (AvgIpc) is 3.26. The van der Waals surface area contributed by atoms with Gasteiger partial charge in [0.1, 0.15) is 0 Å². The monoisotopic (exact) mass is 288 g/mol. The number of para-hydroxylation sites is 1. The quantitative estimate of drug-likeness (QED) is 0.665. The molecule has 3 heterocycles. The summed E-state index contributed by atoms with van der Waals surface area (Å²) < 4.78 is 0. The van der Waals surface area contributed by atoms with Crippen molar-refractivity contribution in [3.63, 3.8) is 0 Å². The summed E-state index contributed by atoms with van der Waals surface area (Å²) in [6.45, 7) is 4.09. The number of nitrogens with zero attached hydrogens (tertiary/aromatic N) is 1. The molecule has 4 rings (SSSR count). The van der Waals surface area contributed by atoms with E-state index in [4.69, 9.17) is 4.99 Å². The fourth-order valence-electron chi connectivity index (χ4n) is 2.74. The molecule has 2 aromatic heterocycles. The number of aromatic amines is 2. The first kappa shape index (κ1) is 12.7. The van der Waals surface area contributed by atoms with E-state index in [0.717, 1.165) is 40.3 Å². The smallest absolute Gasteiger partial charge is 0.0669 e. The number of hydrogen-bond acceptors (Lipinski definition) is 2. The van der Waals surface area contributed by atoms with Crippen molar-refractivity contribution >= 4 is 22.8 Å². The van der Waals surface area contributed by atoms with Crippen molar-refractivity contribution in [2.75, 3.05) is 5.32 Å². The molecule has 1 aliphatic rings. The lowest BCUT2D eigenvalue weighted by Crippen LogP contribution is -2.04. The number of aromatic nitrogens is 2. The Bertz CT molecular complexity index is 853. The lowest BCUT2D eigenvalue weighted by molar-refractivity contribution is 1.38. The molecule has 0 amide bonds. The zero-order valence-corrected chi connectivity index (χ0v) is 12.1. The minimum atomic E-state index is 0.859. The number of nitrogens with one attached hydrogen (secondary N) is 3. The first-order valence-electron chi connectivity index (χ1n) is 7.23. The molecule has 4 heteroatoms. The van der Waals surface area contributed by atoms with Crippen LogP contribution in [0.5, 0.6) is 0 Å². The third-order valence-electron chi connectivity index (χ3n) is 3.89. The van der Waals surface area contributed by atoms with Crippen LogP contribution in [0, 0.1) is 0 Å². The summed E-state index contributed by atoms with van der Waals surface area (Å²) in [6.07, 6.45) is 8.60. The van der Waals surface area contributed by atoms with Gasteiger partial charge in [-0.1, -0.05) is 24.8 Å². The second kappa shape index (κ2) is 5.07. The average molecular weight is 288 g/mol. The van der Waals surface area contributed by atoms with Crippen LogP contribution in [-0.4, -0.2) is 15.7 Å². The van der Waals surface area contributed by atoms with Crippen molar-refractivity contribution in [3.05, 3.63) is 78.4 Å². The van der Waals surface area contributed by atoms with Crippen LogP contribution in [0.3, 0.4) is 0 Å². The molecule has 1 aromatic carbocycles. The van der Waals surface area contributed by atoms with Crippen molar-refractivity contribution in [3.8, 4) is 0 Å². The first-order valence-corrected chi connectivity index (χ1v) is 7.23. The standard InChI is InChI=1S/C18H16N4/c1-12(14-6-7-19-9-14)21-18-11-20-10-15(18)17-8-13-4-2-3-5-16(13)22-17/h2-7,9-11,19-21H,1,8H2. The van der Waals surface area contributed by atoms with Crippen molar-refractivity contribution in [1.29, 1.82) is 0 Å². The van der Waals surface area contributed by atoms with Gasteiger partial charge in [-0.15, -0.1) is 0 Å². The molecule has 108 valence electrons. The maximum absolute atomic E-state index is 4.75. The highest BCUT2D eigenvalue weighted by molar-refractivity contribution is 6.10. The molecule has 22 heavy (non-hydrogen) atoms. The van der Waals surface area contributed by atoms with Gasteiger partial charge < -0.3 is 15.3 Å². The van der Waals surface area contributed by atoms with Crippen LogP contribution in [0.25, 0.3) is 5.70 Å². The van der Waals surface area contributed by atoms with Gasteiger partial charge >= 0.3 is 0 Å². The maximum Gasteiger partial charge on any atom is 0.0669 e. The highest BCUT2D eigenvalue weighted by atomic mass is 14.9. The summed E-state index contributed by atoms with van der Waals surface area (Å²) in [5, 5.41) is 3.37. The van der Waals surface area contributed by atoms with Gasteiger partial charge in [-0.05, 0) is 17.7 Å². The Morgan fingerprint density at radius 1 is 1.09 bits per heavy atom. The molecule has 0 spiro atoms. The zero-order valence-electron chi connectivity index (χ0n) is 12.1. The van der Waals surface area contributed by atoms with Gasteiger partial charge in [0.15, 0.2) is 0 Å². The summed E-state index contributed by atoms with van der Waals surface area (Å²) in [5.41, 5.74) is 7.41. The molecule has 0 unspecified atom stereocenters. The van der Waals surface area contributed by atoms with Crippen molar-refractivity contribution in [2.24, 2.45) is 4.99 Å². The molecule has 0 aliphatic carbocycles. The van der Waals surface area contributed by atoms with Crippen LogP contribution in [0.15, 0.2) is 66.7 Å². The first-order chi connectivity index (χ1) is 10.8. The van der Waals surface area contributed by atoms with Crippen LogP contribution >= 0.6 is 0 Å².